The summed E-state index contributed by atoms with van der Waals surface area (Å²) in [6.45, 7) is 0. The third kappa shape index (κ3) is 5.06. The van der Waals surface area contributed by atoms with Gasteiger partial charge in [-0.05, 0) is 46.5 Å². The highest BCUT2D eigenvalue weighted by Crippen LogP contribution is 2.16. The van der Waals surface area contributed by atoms with E-state index in [1.165, 1.54) is 11.3 Å². The summed E-state index contributed by atoms with van der Waals surface area (Å²) in [6.07, 6.45) is 4.34. The summed E-state index contributed by atoms with van der Waals surface area (Å²) in [5.74, 6) is 0.147. The first-order valence-corrected chi connectivity index (χ1v) is 10.3. The predicted molar refractivity (Wildman–Crippen MR) is 102 cm³/mol. The summed E-state index contributed by atoms with van der Waals surface area (Å²) < 4.78 is 2.48. The lowest BCUT2D eigenvalue weighted by atomic mass is 10.1. The molecule has 0 bridgehead atoms. The van der Waals surface area contributed by atoms with Crippen LogP contribution in [-0.2, 0) is 11.8 Å². The van der Waals surface area contributed by atoms with Gasteiger partial charge in [0, 0.05) is 23.1 Å². The van der Waals surface area contributed by atoms with Gasteiger partial charge in [-0.2, -0.15) is 16.8 Å². The van der Waals surface area contributed by atoms with Gasteiger partial charge >= 0.3 is 0 Å². The van der Waals surface area contributed by atoms with E-state index in [1.807, 2.05) is 30.9 Å². The van der Waals surface area contributed by atoms with Crippen LogP contribution in [0.5, 0.6) is 0 Å². The fourth-order valence-electron chi connectivity index (χ4n) is 1.98. The molecule has 0 aliphatic carbocycles. The van der Waals surface area contributed by atoms with Crippen molar-refractivity contribution in [1.82, 2.24) is 9.88 Å². The molecule has 128 valence electrons. The maximum atomic E-state index is 12.5. The van der Waals surface area contributed by atoms with Crippen molar-refractivity contribution in [3.8, 4) is 0 Å². The molecule has 0 spiro atoms. The molecular weight excluding hydrogens is 410 g/mol. The lowest BCUT2D eigenvalue weighted by Gasteiger charge is -2.15. The minimum Gasteiger partial charge on any atom is -0.340 e. The maximum Gasteiger partial charge on any atom is 0.270 e. The highest BCUT2D eigenvalue weighted by atomic mass is 79.9. The molecule has 1 heterocycles. The molecule has 8 heteroatoms. The van der Waals surface area contributed by atoms with Crippen LogP contribution in [0.1, 0.15) is 16.8 Å². The minimum absolute atomic E-state index is 0.285. The monoisotopic (exact) mass is 427 g/mol. The van der Waals surface area contributed by atoms with Crippen LogP contribution in [0.25, 0.3) is 0 Å². The third-order valence-electron chi connectivity index (χ3n) is 3.30. The summed E-state index contributed by atoms with van der Waals surface area (Å²) in [7, 11) is 1.83. The zero-order valence-corrected chi connectivity index (χ0v) is 16.6. The van der Waals surface area contributed by atoms with Crippen LogP contribution in [0, 0.1) is 0 Å². The molecule has 24 heavy (non-hydrogen) atoms. The van der Waals surface area contributed by atoms with Crippen LogP contribution in [0.4, 0.5) is 0 Å². The average Bonchev–Trinajstić information content (AvgIpc) is 2.96. The molecule has 0 saturated heterocycles. The Kier molecular flexibility index (Phi) is 7.26. The van der Waals surface area contributed by atoms with Crippen molar-refractivity contribution in [2.45, 2.75) is 12.5 Å². The Morgan fingerprint density at radius 3 is 2.79 bits per heavy atom. The molecule has 2 amide bonds. The predicted octanol–water partition coefficient (Wildman–Crippen LogP) is 2.83. The number of carbonyl (C=O) groups is 2. The van der Waals surface area contributed by atoms with Crippen LogP contribution in [-0.4, -0.2) is 34.4 Å². The molecule has 1 aromatic heterocycles. The van der Waals surface area contributed by atoms with Crippen LogP contribution >= 0.6 is 39.0 Å². The van der Waals surface area contributed by atoms with E-state index in [9.17, 15) is 9.59 Å². The van der Waals surface area contributed by atoms with Crippen molar-refractivity contribution in [3.63, 3.8) is 0 Å². The molecule has 1 aromatic carbocycles. The van der Waals surface area contributed by atoms with E-state index in [-0.39, 0.29) is 11.8 Å². The number of aromatic nitrogens is 1. The zero-order valence-electron chi connectivity index (χ0n) is 13.4. The van der Waals surface area contributed by atoms with Gasteiger partial charge in [0.2, 0.25) is 0 Å². The van der Waals surface area contributed by atoms with E-state index in [4.69, 9.17) is 0 Å². The van der Waals surface area contributed by atoms with E-state index in [0.717, 1.165) is 5.75 Å². The van der Waals surface area contributed by atoms with Gasteiger partial charge in [0.1, 0.15) is 6.04 Å². The van der Waals surface area contributed by atoms with Gasteiger partial charge < -0.3 is 9.88 Å². The number of benzene rings is 1. The maximum absolute atomic E-state index is 12.5. The number of halogens is 1. The summed E-state index contributed by atoms with van der Waals surface area (Å²) in [5, 5.41) is 4.67. The van der Waals surface area contributed by atoms with Crippen LogP contribution in [0.3, 0.4) is 0 Å². The second-order valence-electron chi connectivity index (χ2n) is 5.03. The standard InChI is InChI=1S/C16H18BrN3O2S2/c1-20-8-10-24-16(20)19-15(22)13(7-9-23-2)18-14(21)11-5-3-4-6-12(11)17/h3-6,8,10,13H,7,9H2,1-2H3,(H,18,21). The Balaban J connectivity index is 2.19. The normalized spacial score (nSPS) is 12.9. The Morgan fingerprint density at radius 2 is 2.17 bits per heavy atom. The Labute approximate surface area is 157 Å². The highest BCUT2D eigenvalue weighted by Gasteiger charge is 2.21. The molecule has 0 saturated carbocycles. The fourth-order valence-corrected chi connectivity index (χ4v) is 3.65. The quantitative estimate of drug-likeness (QED) is 0.770. The number of rotatable bonds is 6. The van der Waals surface area contributed by atoms with Crippen molar-refractivity contribution in [1.29, 1.82) is 0 Å². The largest absolute Gasteiger partial charge is 0.340 e. The highest BCUT2D eigenvalue weighted by molar-refractivity contribution is 9.10. The number of thiazole rings is 1. The number of amides is 2. The number of aryl methyl sites for hydroxylation is 1. The second kappa shape index (κ2) is 9.19. The van der Waals surface area contributed by atoms with Gasteiger partial charge in [-0.1, -0.05) is 12.1 Å². The van der Waals surface area contributed by atoms with Crippen LogP contribution in [0.2, 0.25) is 0 Å². The average molecular weight is 428 g/mol. The van der Waals surface area contributed by atoms with Crippen LogP contribution < -0.4 is 10.1 Å². The van der Waals surface area contributed by atoms with Gasteiger partial charge in [-0.15, -0.1) is 11.3 Å². The first kappa shape index (κ1) is 19.0. The van der Waals surface area contributed by atoms with Gasteiger partial charge in [0.05, 0.1) is 5.56 Å². The summed E-state index contributed by atoms with van der Waals surface area (Å²) in [6, 6.07) is 6.49. The Bertz CT molecular complexity index is 785. The van der Waals surface area contributed by atoms with E-state index < -0.39 is 6.04 Å². The first-order chi connectivity index (χ1) is 11.5. The number of nitrogens with one attached hydrogen (secondary N) is 1. The molecule has 0 fully saturated rings. The molecule has 1 unspecified atom stereocenters. The summed E-state index contributed by atoms with van der Waals surface area (Å²) in [4.78, 5) is 29.7. The smallest absolute Gasteiger partial charge is 0.270 e. The SMILES string of the molecule is CSCCC(NC(=O)c1ccccc1Br)C(=O)N=c1sccn1C. The van der Waals surface area contributed by atoms with Crippen LogP contribution in [0.15, 0.2) is 45.3 Å². The number of hydrogen-bond acceptors (Lipinski definition) is 4. The number of hydrogen-bond donors (Lipinski definition) is 1. The number of carbonyl (C=O) groups excluding carboxylic acids is 2. The third-order valence-corrected chi connectivity index (χ3v) is 5.48. The fraction of sp³-hybridized carbons (Fsp3) is 0.312. The van der Waals surface area contributed by atoms with Crippen molar-refractivity contribution < 1.29 is 9.59 Å². The molecule has 2 rings (SSSR count). The van der Waals surface area contributed by atoms with Gasteiger partial charge in [0.15, 0.2) is 4.80 Å². The lowest BCUT2D eigenvalue weighted by molar-refractivity contribution is -0.119. The van der Waals surface area contributed by atoms with Gasteiger partial charge in [-0.25, -0.2) is 0 Å². The molecule has 1 atom stereocenters. The van der Waals surface area contributed by atoms with Crippen molar-refractivity contribution in [2.75, 3.05) is 12.0 Å². The molecule has 0 aliphatic rings. The van der Waals surface area contributed by atoms with E-state index >= 15 is 0 Å². The van der Waals surface area contributed by atoms with E-state index in [2.05, 4.69) is 26.2 Å². The van der Waals surface area contributed by atoms with Crippen molar-refractivity contribution in [2.24, 2.45) is 12.0 Å². The Morgan fingerprint density at radius 1 is 1.42 bits per heavy atom. The minimum atomic E-state index is -0.640. The first-order valence-electron chi connectivity index (χ1n) is 7.26. The van der Waals surface area contributed by atoms with E-state index in [1.54, 1.807) is 34.5 Å². The topological polar surface area (TPSA) is 63.5 Å². The molecule has 1 N–H and O–H groups in total. The summed E-state index contributed by atoms with van der Waals surface area (Å²) >= 11 is 6.37. The Hall–Kier alpha value is -1.38. The van der Waals surface area contributed by atoms with Crippen molar-refractivity contribution in [3.05, 3.63) is 50.7 Å². The number of nitrogens with zero attached hydrogens (tertiary/aromatic N) is 2. The van der Waals surface area contributed by atoms with Crippen molar-refractivity contribution >= 4 is 50.8 Å². The van der Waals surface area contributed by atoms with Gasteiger partial charge in [0.25, 0.3) is 11.8 Å². The molecule has 0 radical (unpaired) electrons. The lowest BCUT2D eigenvalue weighted by Crippen LogP contribution is -2.41. The summed E-state index contributed by atoms with van der Waals surface area (Å²) in [5.41, 5.74) is 0.501. The second-order valence-corrected chi connectivity index (χ2v) is 7.75. The van der Waals surface area contributed by atoms with Gasteiger partial charge in [-0.3, -0.25) is 9.59 Å². The molecule has 5 nitrogen and oxygen atoms in total. The molecular formula is C16H18BrN3O2S2. The zero-order chi connectivity index (χ0) is 17.5. The number of thioether (sulfide) groups is 1. The molecule has 2 aromatic rings. The van der Waals surface area contributed by atoms with E-state index in [0.29, 0.717) is 21.3 Å². The molecule has 0 aliphatic heterocycles.